The van der Waals surface area contributed by atoms with Crippen LogP contribution in [-0.2, 0) is 0 Å². The molecule has 1 aromatic heterocycles. The molecule has 4 rings (SSSR count). The molecule has 0 bridgehead atoms. The van der Waals surface area contributed by atoms with E-state index in [1.165, 1.54) is 17.7 Å². The third-order valence-electron chi connectivity index (χ3n) is 5.97. The van der Waals surface area contributed by atoms with Gasteiger partial charge in [-0.2, -0.15) is 0 Å². The first-order chi connectivity index (χ1) is 11.4. The van der Waals surface area contributed by atoms with E-state index in [4.69, 9.17) is 11.6 Å². The molecule has 0 saturated carbocycles. The Morgan fingerprint density at radius 2 is 2.04 bits per heavy atom. The summed E-state index contributed by atoms with van der Waals surface area (Å²) in [5.41, 5.74) is 6.85. The van der Waals surface area contributed by atoms with Crippen molar-refractivity contribution in [1.82, 2.24) is 14.8 Å². The zero-order chi connectivity index (χ0) is 17.2. The summed E-state index contributed by atoms with van der Waals surface area (Å²) in [5, 5.41) is 0.743. The maximum atomic E-state index is 6.63. The van der Waals surface area contributed by atoms with Crippen molar-refractivity contribution in [3.8, 4) is 0 Å². The molecule has 4 heterocycles. The number of pyridine rings is 1. The summed E-state index contributed by atoms with van der Waals surface area (Å²) in [4.78, 5) is 11.8. The molecule has 1 fully saturated rings. The van der Waals surface area contributed by atoms with Crippen molar-refractivity contribution in [1.29, 1.82) is 0 Å². The van der Waals surface area contributed by atoms with Crippen molar-refractivity contribution in [2.24, 2.45) is 0 Å². The normalized spacial score (nSPS) is 27.1. The fourth-order valence-corrected chi connectivity index (χ4v) is 4.59. The number of hydrogen-bond donors (Lipinski definition) is 0. The molecule has 0 spiro atoms. The number of aromatic nitrogens is 1. The number of hydrogen-bond acceptors (Lipinski definition) is 4. The first-order valence-electron chi connectivity index (χ1n) is 8.68. The molecular formula is C19H25ClN4. The molecular weight excluding hydrogens is 320 g/mol. The molecule has 128 valence electrons. The number of allylic oxidation sites excluding steroid dienone is 1. The standard InChI is InChI=1S/C19H25ClN4/c1-11-9-24-14(10-22(11)4)6-7-15-13(3)23(5)19-16(18(15)24)8-21-12(2)17(19)20/h8,11,14H,3,6-7,9-10H2,1-2,4-5H3. The largest absolute Gasteiger partial charge is 0.365 e. The summed E-state index contributed by atoms with van der Waals surface area (Å²) in [6.07, 6.45) is 4.26. The van der Waals surface area contributed by atoms with E-state index < -0.39 is 0 Å². The van der Waals surface area contributed by atoms with E-state index in [0.717, 1.165) is 47.2 Å². The van der Waals surface area contributed by atoms with E-state index in [-0.39, 0.29) is 0 Å². The van der Waals surface area contributed by atoms with Gasteiger partial charge >= 0.3 is 0 Å². The highest BCUT2D eigenvalue weighted by molar-refractivity contribution is 6.34. The molecule has 2 unspecified atom stereocenters. The Balaban J connectivity index is 1.90. The topological polar surface area (TPSA) is 22.6 Å². The highest BCUT2D eigenvalue weighted by Gasteiger charge is 2.40. The molecule has 0 aromatic carbocycles. The number of rotatable bonds is 0. The summed E-state index contributed by atoms with van der Waals surface area (Å²) >= 11 is 6.63. The van der Waals surface area contributed by atoms with Gasteiger partial charge in [-0.25, -0.2) is 0 Å². The van der Waals surface area contributed by atoms with Gasteiger partial charge in [0.1, 0.15) is 0 Å². The number of aryl methyl sites for hydroxylation is 1. The third-order valence-corrected chi connectivity index (χ3v) is 6.42. The lowest BCUT2D eigenvalue weighted by Crippen LogP contribution is -2.56. The van der Waals surface area contributed by atoms with E-state index in [1.807, 2.05) is 13.1 Å². The van der Waals surface area contributed by atoms with Gasteiger partial charge in [0.15, 0.2) is 0 Å². The molecule has 0 aliphatic carbocycles. The van der Waals surface area contributed by atoms with E-state index in [2.05, 4.69) is 47.3 Å². The second-order valence-electron chi connectivity index (χ2n) is 7.39. The molecule has 2 atom stereocenters. The highest BCUT2D eigenvalue weighted by Crippen LogP contribution is 2.49. The van der Waals surface area contributed by atoms with Crippen LogP contribution in [0.2, 0.25) is 5.02 Å². The van der Waals surface area contributed by atoms with Crippen LogP contribution in [0.3, 0.4) is 0 Å². The van der Waals surface area contributed by atoms with Crippen LogP contribution >= 0.6 is 11.6 Å². The quantitative estimate of drug-likeness (QED) is 0.718. The minimum Gasteiger partial charge on any atom is -0.365 e. The van der Waals surface area contributed by atoms with Crippen LogP contribution in [0.1, 0.15) is 31.0 Å². The van der Waals surface area contributed by atoms with E-state index in [9.17, 15) is 0 Å². The SMILES string of the molecule is C=C1C2=C(c3cnc(C)c(Cl)c3N1C)N1CC(C)N(C)CC1CC2. The Hall–Kier alpha value is -1.52. The number of piperazine rings is 1. The molecule has 0 N–H and O–H groups in total. The molecule has 3 aliphatic heterocycles. The van der Waals surface area contributed by atoms with Gasteiger partial charge < -0.3 is 9.80 Å². The Bertz CT molecular complexity index is 754. The minimum absolute atomic E-state index is 0.540. The van der Waals surface area contributed by atoms with E-state index in [0.29, 0.717) is 12.1 Å². The minimum atomic E-state index is 0.540. The maximum Gasteiger partial charge on any atom is 0.0862 e. The van der Waals surface area contributed by atoms with Crippen molar-refractivity contribution >= 4 is 23.0 Å². The molecule has 3 aliphatic rings. The van der Waals surface area contributed by atoms with Crippen molar-refractivity contribution in [2.75, 3.05) is 32.1 Å². The van der Waals surface area contributed by atoms with Crippen LogP contribution in [0.4, 0.5) is 5.69 Å². The van der Waals surface area contributed by atoms with Gasteiger partial charge in [-0.1, -0.05) is 18.2 Å². The first kappa shape index (κ1) is 16.0. The van der Waals surface area contributed by atoms with Gasteiger partial charge in [0.05, 0.1) is 22.1 Å². The fourth-order valence-electron chi connectivity index (χ4n) is 4.31. The van der Waals surface area contributed by atoms with Crippen LogP contribution in [0.25, 0.3) is 5.70 Å². The summed E-state index contributed by atoms with van der Waals surface area (Å²) in [6, 6.07) is 1.10. The van der Waals surface area contributed by atoms with Gasteiger partial charge in [-0.3, -0.25) is 9.88 Å². The van der Waals surface area contributed by atoms with Gasteiger partial charge in [0.2, 0.25) is 0 Å². The Morgan fingerprint density at radius 3 is 2.79 bits per heavy atom. The molecule has 1 aromatic rings. The van der Waals surface area contributed by atoms with Gasteiger partial charge in [-0.05, 0) is 39.3 Å². The van der Waals surface area contributed by atoms with Gasteiger partial charge in [0, 0.05) is 49.7 Å². The highest BCUT2D eigenvalue weighted by atomic mass is 35.5. The molecule has 0 amide bonds. The zero-order valence-electron chi connectivity index (χ0n) is 14.9. The maximum absolute atomic E-state index is 6.63. The molecule has 24 heavy (non-hydrogen) atoms. The monoisotopic (exact) mass is 344 g/mol. The Morgan fingerprint density at radius 1 is 1.29 bits per heavy atom. The van der Waals surface area contributed by atoms with Crippen LogP contribution in [0.15, 0.2) is 24.0 Å². The van der Waals surface area contributed by atoms with Crippen molar-refractivity contribution in [3.63, 3.8) is 0 Å². The zero-order valence-corrected chi connectivity index (χ0v) is 15.7. The van der Waals surface area contributed by atoms with Crippen LogP contribution in [-0.4, -0.2) is 54.1 Å². The van der Waals surface area contributed by atoms with Crippen LogP contribution in [0.5, 0.6) is 0 Å². The molecule has 0 radical (unpaired) electrons. The predicted molar refractivity (Wildman–Crippen MR) is 100 cm³/mol. The van der Waals surface area contributed by atoms with Gasteiger partial charge in [-0.15, -0.1) is 0 Å². The summed E-state index contributed by atoms with van der Waals surface area (Å²) in [5.74, 6) is 0. The number of likely N-dealkylation sites (N-methyl/N-ethyl adjacent to an activating group) is 2. The average molecular weight is 345 g/mol. The Labute approximate surface area is 149 Å². The smallest absolute Gasteiger partial charge is 0.0862 e. The number of anilines is 1. The Kier molecular flexibility index (Phi) is 3.66. The van der Waals surface area contributed by atoms with Crippen molar-refractivity contribution < 1.29 is 0 Å². The van der Waals surface area contributed by atoms with Gasteiger partial charge in [0.25, 0.3) is 0 Å². The number of halogens is 1. The summed E-state index contributed by atoms with van der Waals surface area (Å²) < 4.78 is 0. The van der Waals surface area contributed by atoms with Crippen molar-refractivity contribution in [3.05, 3.63) is 40.3 Å². The number of fused-ring (bicyclic) bond motifs is 4. The predicted octanol–water partition coefficient (Wildman–Crippen LogP) is 3.52. The fraction of sp³-hybridized carbons (Fsp3) is 0.526. The summed E-state index contributed by atoms with van der Waals surface area (Å²) in [6.45, 7) is 10.8. The first-order valence-corrected chi connectivity index (χ1v) is 9.06. The van der Waals surface area contributed by atoms with E-state index in [1.54, 1.807) is 0 Å². The summed E-state index contributed by atoms with van der Waals surface area (Å²) in [7, 11) is 4.30. The lowest BCUT2D eigenvalue weighted by Gasteiger charge is -2.51. The lowest BCUT2D eigenvalue weighted by atomic mass is 9.85. The molecule has 5 heteroatoms. The lowest BCUT2D eigenvalue weighted by molar-refractivity contribution is 0.0843. The molecule has 1 saturated heterocycles. The molecule has 4 nitrogen and oxygen atoms in total. The van der Waals surface area contributed by atoms with Crippen LogP contribution in [0, 0.1) is 6.92 Å². The third kappa shape index (κ3) is 2.12. The van der Waals surface area contributed by atoms with E-state index >= 15 is 0 Å². The second-order valence-corrected chi connectivity index (χ2v) is 7.76. The second kappa shape index (κ2) is 5.50. The average Bonchev–Trinajstić information content (AvgIpc) is 2.55. The number of nitrogens with zero attached hydrogens (tertiary/aromatic N) is 4. The van der Waals surface area contributed by atoms with Crippen molar-refractivity contribution in [2.45, 2.75) is 38.8 Å². The van der Waals surface area contributed by atoms with Crippen LogP contribution < -0.4 is 4.90 Å².